The highest BCUT2D eigenvalue weighted by atomic mass is 32.2. The highest BCUT2D eigenvalue weighted by Gasteiger charge is 2.53. The molecule has 19 heteroatoms. The maximum Gasteiger partial charge on any atom is 0.427 e. The fourth-order valence-corrected chi connectivity index (χ4v) is 8.41. The van der Waals surface area contributed by atoms with Gasteiger partial charge in [0.25, 0.3) is 0 Å². The second-order valence-corrected chi connectivity index (χ2v) is 17.7. The summed E-state index contributed by atoms with van der Waals surface area (Å²) in [5.74, 6) is 0.00192. The molecule has 1 aromatic carbocycles. The van der Waals surface area contributed by atoms with Crippen LogP contribution in [-0.4, -0.2) is 90.5 Å². The van der Waals surface area contributed by atoms with Gasteiger partial charge in [-0.1, -0.05) is 46.8 Å². The van der Waals surface area contributed by atoms with Crippen molar-refractivity contribution in [2.75, 3.05) is 19.7 Å². The Hall–Kier alpha value is -4.68. The second-order valence-electron chi connectivity index (χ2n) is 15.7. The third-order valence-corrected chi connectivity index (χ3v) is 12.7. The van der Waals surface area contributed by atoms with Crippen LogP contribution in [0.15, 0.2) is 36.5 Å². The van der Waals surface area contributed by atoms with Crippen LogP contribution in [0.3, 0.4) is 0 Å². The zero-order chi connectivity index (χ0) is 46.3. The summed E-state index contributed by atoms with van der Waals surface area (Å²) in [5.41, 5.74) is 1.90. The van der Waals surface area contributed by atoms with Crippen molar-refractivity contribution in [3.05, 3.63) is 42.4 Å². The molecule has 0 bridgehead atoms. The van der Waals surface area contributed by atoms with Gasteiger partial charge in [0.2, 0.25) is 39.2 Å². The summed E-state index contributed by atoms with van der Waals surface area (Å²) in [4.78, 5) is 52.8. The number of alkyl halides is 3. The van der Waals surface area contributed by atoms with E-state index in [1.165, 1.54) is 13.0 Å². The van der Waals surface area contributed by atoms with Gasteiger partial charge in [-0.25, -0.2) is 22.6 Å². The molecule has 1 saturated carbocycles. The predicted molar refractivity (Wildman–Crippen MR) is 230 cm³/mol. The molecule has 61 heavy (non-hydrogen) atoms. The van der Waals surface area contributed by atoms with Crippen molar-refractivity contribution < 1.29 is 63.6 Å². The molecule has 4 atom stereocenters. The number of amides is 4. The standard InChI is InChI=1S/C28H36FN3O4.C7H13NO3S.C5H8F3NO2.C2H6.3H2/c1-4-35-25-14-20-9-11-31-28(22(20)16-23(25)29)36-21-15-24-27(34)30-10-7-5-6-8-18(2)12-19(3)13-26(33)32(24)17-21;1-3-7(4-5-7)12(10,11)8-6(2)9;1-4(2,5(6,7)8)11-3(9)10;1-2;;;/h5,7,9,11,14,16,18-19,21,24H,4,6,8,10,12-13,15,17H2,1-3H3,(H,30,34);3-5H2,1-2H3,(H,8,9);1-2H3,(H2,9,10);1-2H3;3*1H/b7-5-;;;;;;/t18-,19-,21-,24+;;;;;;/m1....../s1. The maximum atomic E-state index is 14.6. The van der Waals surface area contributed by atoms with Gasteiger partial charge < -0.3 is 30.2 Å². The molecule has 3 heterocycles. The summed E-state index contributed by atoms with van der Waals surface area (Å²) < 4.78 is 89.8. The second kappa shape index (κ2) is 23.0. The number of pyridine rings is 1. The van der Waals surface area contributed by atoms with Crippen molar-refractivity contribution in [2.24, 2.45) is 17.6 Å². The summed E-state index contributed by atoms with van der Waals surface area (Å²) >= 11 is 0. The van der Waals surface area contributed by atoms with E-state index in [1.807, 2.05) is 31.6 Å². The van der Waals surface area contributed by atoms with Crippen LogP contribution >= 0.6 is 0 Å². The molecule has 1 saturated heterocycles. The minimum Gasteiger partial charge on any atom is -0.491 e. The molecule has 2 aliphatic heterocycles. The summed E-state index contributed by atoms with van der Waals surface area (Å²) in [6.07, 6.45) is 4.89. The number of ether oxygens (including phenoxy) is 3. The SMILES string of the molecule is CC.CC(C)(OC(N)=O)C(F)(F)F.CCC1(S(=O)(=O)NC(C)=O)CC1.CCOc1cc2ccnc(O[C@@H]3C[C@H]4C(=O)NC/C=C\CC[C@@H](C)C[C@@H](C)CC(=O)N4C3)c2cc1F.[HH].[HH].[HH]. The Labute approximate surface area is 361 Å². The third kappa shape index (κ3) is 15.3. The Kier molecular flexibility index (Phi) is 19.7. The number of primary amides is 1. The molecule has 3 aliphatic rings. The Bertz CT molecular complexity index is 1960. The first kappa shape index (κ1) is 52.5. The number of halogens is 4. The number of nitrogens with zero attached hydrogens (tertiary/aromatic N) is 2. The van der Waals surface area contributed by atoms with E-state index in [2.05, 4.69) is 40.7 Å². The molecule has 4 N–H and O–H groups in total. The van der Waals surface area contributed by atoms with E-state index in [9.17, 15) is 45.2 Å². The molecule has 14 nitrogen and oxygen atoms in total. The minimum absolute atomic E-state index is 0. The van der Waals surface area contributed by atoms with E-state index in [-0.39, 0.29) is 40.2 Å². The molecule has 0 radical (unpaired) electrons. The summed E-state index contributed by atoms with van der Waals surface area (Å²) in [6.45, 7) is 15.7. The van der Waals surface area contributed by atoms with E-state index in [0.717, 1.165) is 38.5 Å². The van der Waals surface area contributed by atoms with Gasteiger partial charge in [-0.15, -0.1) is 0 Å². The quantitative estimate of drug-likeness (QED) is 0.172. The monoisotopic (exact) mass is 895 g/mol. The molecule has 0 unspecified atom stereocenters. The van der Waals surface area contributed by atoms with E-state index in [4.69, 9.17) is 9.47 Å². The first-order valence-electron chi connectivity index (χ1n) is 20.6. The van der Waals surface area contributed by atoms with Gasteiger partial charge in [0.1, 0.15) is 12.1 Å². The Morgan fingerprint density at radius 3 is 2.28 bits per heavy atom. The third-order valence-electron chi connectivity index (χ3n) is 10.3. The normalized spacial score (nSPS) is 22.1. The lowest BCUT2D eigenvalue weighted by molar-refractivity contribution is -0.243. The molecule has 2 aromatic rings. The lowest BCUT2D eigenvalue weighted by Crippen LogP contribution is -2.46. The maximum absolute atomic E-state index is 14.6. The van der Waals surface area contributed by atoms with Crippen LogP contribution < -0.4 is 25.2 Å². The van der Waals surface area contributed by atoms with Gasteiger partial charge in [-0.3, -0.25) is 19.1 Å². The number of allylic oxidation sites excluding steroid dienone is 1. The van der Waals surface area contributed by atoms with E-state index >= 15 is 0 Å². The molecular formula is C42H69F4N5O9S. The van der Waals surface area contributed by atoms with E-state index in [1.54, 1.807) is 30.2 Å². The number of carbonyl (C=O) groups is 4. The molecule has 1 aliphatic carbocycles. The largest absolute Gasteiger partial charge is 0.491 e. The van der Waals surface area contributed by atoms with Crippen LogP contribution in [0, 0.1) is 17.7 Å². The van der Waals surface area contributed by atoms with Gasteiger partial charge in [0.15, 0.2) is 11.6 Å². The molecule has 0 spiro atoms. The number of nitrogens with two attached hydrogens (primary N) is 1. The molecular weight excluding hydrogens is 827 g/mol. The number of benzene rings is 1. The first-order chi connectivity index (χ1) is 28.5. The highest BCUT2D eigenvalue weighted by Crippen LogP contribution is 2.45. The fourth-order valence-electron chi connectivity index (χ4n) is 6.79. The van der Waals surface area contributed by atoms with Crippen LogP contribution in [0.25, 0.3) is 10.8 Å². The van der Waals surface area contributed by atoms with Crippen molar-refractivity contribution in [2.45, 2.75) is 142 Å². The van der Waals surface area contributed by atoms with Crippen molar-refractivity contribution in [1.82, 2.24) is 19.9 Å². The lowest BCUT2D eigenvalue weighted by Gasteiger charge is -2.26. The average Bonchev–Trinajstić information content (AvgIpc) is 3.86. The van der Waals surface area contributed by atoms with Crippen LogP contribution in [0.1, 0.15) is 118 Å². The number of aromatic nitrogens is 1. The average molecular weight is 896 g/mol. The zero-order valence-electron chi connectivity index (χ0n) is 36.6. The number of rotatable bonds is 8. The van der Waals surface area contributed by atoms with Gasteiger partial charge in [-0.2, -0.15) is 13.2 Å². The van der Waals surface area contributed by atoms with Crippen LogP contribution in [0.4, 0.5) is 22.4 Å². The van der Waals surface area contributed by atoms with Gasteiger partial charge in [0, 0.05) is 42.2 Å². The Balaban J connectivity index is 0. The Morgan fingerprint density at radius 2 is 1.74 bits per heavy atom. The van der Waals surface area contributed by atoms with Crippen molar-refractivity contribution in [1.29, 1.82) is 0 Å². The summed E-state index contributed by atoms with van der Waals surface area (Å²) in [5, 5.41) is 4.20. The van der Waals surface area contributed by atoms with Crippen LogP contribution in [0.2, 0.25) is 0 Å². The predicted octanol–water partition coefficient (Wildman–Crippen LogP) is 8.22. The molecule has 350 valence electrons. The molecule has 1 aromatic heterocycles. The highest BCUT2D eigenvalue weighted by molar-refractivity contribution is 7.91. The number of carbonyl (C=O) groups excluding carboxylic acids is 4. The summed E-state index contributed by atoms with van der Waals surface area (Å²) in [6, 6.07) is 4.15. The number of sulfonamides is 1. The van der Waals surface area contributed by atoms with Gasteiger partial charge >= 0.3 is 12.3 Å². The van der Waals surface area contributed by atoms with Crippen LogP contribution in [0.5, 0.6) is 11.6 Å². The summed E-state index contributed by atoms with van der Waals surface area (Å²) in [7, 11) is -3.40. The fraction of sp³-hybridized carbons (Fsp3) is 0.643. The number of nitrogens with one attached hydrogen (secondary N) is 2. The van der Waals surface area contributed by atoms with E-state index < -0.39 is 56.5 Å². The zero-order valence-corrected chi connectivity index (χ0v) is 37.4. The van der Waals surface area contributed by atoms with Gasteiger partial charge in [-0.05, 0) is 94.7 Å². The number of fused-ring (bicyclic) bond motifs is 2. The first-order valence-corrected chi connectivity index (χ1v) is 22.1. The van der Waals surface area contributed by atoms with Crippen LogP contribution in [-0.2, 0) is 29.1 Å². The number of hydrogen-bond donors (Lipinski definition) is 3. The Morgan fingerprint density at radius 1 is 1.08 bits per heavy atom. The van der Waals surface area contributed by atoms with E-state index in [0.29, 0.717) is 56.6 Å². The minimum atomic E-state index is -4.60. The smallest absolute Gasteiger partial charge is 0.427 e. The molecule has 2 fully saturated rings. The van der Waals surface area contributed by atoms with Crippen molar-refractivity contribution in [3.8, 4) is 11.6 Å². The van der Waals surface area contributed by atoms with Crippen molar-refractivity contribution in [3.63, 3.8) is 0 Å². The number of hydrogen-bond acceptors (Lipinski definition) is 10. The van der Waals surface area contributed by atoms with Crippen molar-refractivity contribution >= 4 is 44.6 Å². The topological polar surface area (TPSA) is 196 Å². The lowest BCUT2D eigenvalue weighted by atomic mass is 9.91. The molecule has 5 rings (SSSR count). The van der Waals surface area contributed by atoms with Gasteiger partial charge in [0.05, 0.1) is 17.9 Å². The molecule has 4 amide bonds.